The molecule has 0 spiro atoms. The number of thiazole rings is 1. The van der Waals surface area contributed by atoms with Gasteiger partial charge in [0.2, 0.25) is 0 Å². The molecule has 32 heavy (non-hydrogen) atoms. The van der Waals surface area contributed by atoms with Gasteiger partial charge < -0.3 is 15.5 Å². The zero-order chi connectivity index (χ0) is 22.7. The number of Topliss-reactive ketones (excluding diaryl/α,β-unsaturated/α-hetero) is 1. The highest BCUT2D eigenvalue weighted by molar-refractivity contribution is 7.20. The molecule has 4 rings (SSSR count). The summed E-state index contributed by atoms with van der Waals surface area (Å²) in [5.41, 5.74) is 1.68. The lowest BCUT2D eigenvalue weighted by Gasteiger charge is -2.43. The quantitative estimate of drug-likeness (QED) is 0.508. The number of thiophene rings is 1. The predicted molar refractivity (Wildman–Crippen MR) is 133 cm³/mol. The maximum Gasteiger partial charge on any atom is 0.275 e. The fraction of sp³-hybridized carbons (Fsp3) is 0.375. The first-order chi connectivity index (χ1) is 15.4. The molecule has 1 aliphatic rings. The summed E-state index contributed by atoms with van der Waals surface area (Å²) >= 11 is 3.09. The molecule has 1 fully saturated rings. The first-order valence-electron chi connectivity index (χ1n) is 10.8. The average Bonchev–Trinajstić information content (AvgIpc) is 3.46. The van der Waals surface area contributed by atoms with Gasteiger partial charge in [0, 0.05) is 24.5 Å². The van der Waals surface area contributed by atoms with Gasteiger partial charge in [0.25, 0.3) is 5.91 Å². The normalized spacial score (nSPS) is 15.7. The first kappa shape index (κ1) is 22.6. The Kier molecular flexibility index (Phi) is 6.74. The second-order valence-electron chi connectivity index (χ2n) is 8.41. The molecular formula is C24H28N4O2S2. The lowest BCUT2D eigenvalue weighted by atomic mass is 9.83. The molecule has 3 aromatic rings. The van der Waals surface area contributed by atoms with E-state index in [1.165, 1.54) is 11.3 Å². The third-order valence-electron chi connectivity index (χ3n) is 5.82. The maximum atomic E-state index is 12.9. The number of para-hydroxylation sites is 2. The number of rotatable bonds is 7. The molecule has 3 heterocycles. The van der Waals surface area contributed by atoms with E-state index in [4.69, 9.17) is 0 Å². The number of carbonyl (C=O) groups excluding carboxylic acids is 2. The molecule has 168 valence electrons. The highest BCUT2D eigenvalue weighted by Crippen LogP contribution is 2.33. The summed E-state index contributed by atoms with van der Waals surface area (Å²) in [6.07, 6.45) is 1.47. The molecule has 0 atom stereocenters. The Morgan fingerprint density at radius 3 is 2.50 bits per heavy atom. The van der Waals surface area contributed by atoms with Crippen LogP contribution < -0.4 is 15.5 Å². The van der Waals surface area contributed by atoms with E-state index >= 15 is 0 Å². The van der Waals surface area contributed by atoms with Crippen LogP contribution in [0, 0.1) is 0 Å². The Morgan fingerprint density at radius 1 is 1.09 bits per heavy atom. The van der Waals surface area contributed by atoms with Gasteiger partial charge in [-0.1, -0.05) is 18.2 Å². The predicted octanol–water partition coefficient (Wildman–Crippen LogP) is 5.05. The summed E-state index contributed by atoms with van der Waals surface area (Å²) < 4.78 is 0. The molecule has 6 nitrogen and oxygen atoms in total. The molecule has 2 N–H and O–H groups in total. The van der Waals surface area contributed by atoms with Crippen molar-refractivity contribution in [1.29, 1.82) is 0 Å². The van der Waals surface area contributed by atoms with Crippen LogP contribution in [0.5, 0.6) is 0 Å². The van der Waals surface area contributed by atoms with Crippen molar-refractivity contribution in [1.82, 2.24) is 10.3 Å². The fourth-order valence-electron chi connectivity index (χ4n) is 4.21. The molecule has 0 saturated carbocycles. The number of carbonyl (C=O) groups is 2. The Balaban J connectivity index is 1.48. The van der Waals surface area contributed by atoms with Gasteiger partial charge in [-0.05, 0) is 57.2 Å². The Labute approximate surface area is 196 Å². The Morgan fingerprint density at radius 2 is 1.84 bits per heavy atom. The summed E-state index contributed by atoms with van der Waals surface area (Å²) in [4.78, 5) is 33.1. The van der Waals surface area contributed by atoms with E-state index in [1.807, 2.05) is 41.8 Å². The molecule has 1 aliphatic heterocycles. The maximum absolute atomic E-state index is 12.9. The molecule has 0 bridgehead atoms. The van der Waals surface area contributed by atoms with Crippen molar-refractivity contribution in [2.75, 3.05) is 23.3 Å². The van der Waals surface area contributed by atoms with Gasteiger partial charge in [-0.2, -0.15) is 0 Å². The van der Waals surface area contributed by atoms with Gasteiger partial charge >= 0.3 is 0 Å². The van der Waals surface area contributed by atoms with Crippen LogP contribution in [0.4, 0.5) is 11.4 Å². The second kappa shape index (κ2) is 9.52. The molecule has 8 heteroatoms. The van der Waals surface area contributed by atoms with E-state index in [-0.39, 0.29) is 17.7 Å². The zero-order valence-corrected chi connectivity index (χ0v) is 20.2. The molecule has 0 radical (unpaired) electrons. The third-order valence-corrected chi connectivity index (χ3v) is 7.70. The number of ketones is 1. The molecule has 1 amide bonds. The summed E-state index contributed by atoms with van der Waals surface area (Å²) in [6, 6.07) is 12.1. The van der Waals surface area contributed by atoms with E-state index in [0.717, 1.165) is 47.2 Å². The summed E-state index contributed by atoms with van der Waals surface area (Å²) in [5.74, 6) is -0.0226. The van der Waals surface area contributed by atoms with E-state index in [9.17, 15) is 9.59 Å². The fourth-order valence-corrected chi connectivity index (χ4v) is 5.83. The number of piperidine rings is 1. The van der Waals surface area contributed by atoms with E-state index in [0.29, 0.717) is 5.69 Å². The minimum Gasteiger partial charge on any atom is -0.370 e. The molecule has 2 aromatic heterocycles. The monoisotopic (exact) mass is 468 g/mol. The lowest BCUT2D eigenvalue weighted by molar-refractivity contribution is -0.124. The van der Waals surface area contributed by atoms with Crippen LogP contribution in [0.15, 0.2) is 47.2 Å². The smallest absolute Gasteiger partial charge is 0.275 e. The summed E-state index contributed by atoms with van der Waals surface area (Å²) in [5, 5.41) is 11.2. The van der Waals surface area contributed by atoms with E-state index < -0.39 is 5.54 Å². The van der Waals surface area contributed by atoms with Crippen molar-refractivity contribution >= 4 is 45.7 Å². The van der Waals surface area contributed by atoms with Crippen LogP contribution in [-0.2, 0) is 4.79 Å². The van der Waals surface area contributed by atoms with Crippen molar-refractivity contribution in [3.63, 3.8) is 0 Å². The van der Waals surface area contributed by atoms with Crippen molar-refractivity contribution in [2.45, 2.75) is 45.2 Å². The number of nitrogens with one attached hydrogen (secondary N) is 2. The largest absolute Gasteiger partial charge is 0.370 e. The van der Waals surface area contributed by atoms with Gasteiger partial charge in [-0.15, -0.1) is 22.7 Å². The highest BCUT2D eigenvalue weighted by atomic mass is 32.1. The minimum atomic E-state index is -0.471. The number of anilines is 2. The molecule has 0 unspecified atom stereocenters. The van der Waals surface area contributed by atoms with Crippen LogP contribution in [0.2, 0.25) is 0 Å². The van der Waals surface area contributed by atoms with Crippen molar-refractivity contribution in [2.24, 2.45) is 0 Å². The van der Waals surface area contributed by atoms with Gasteiger partial charge in [0.15, 0.2) is 0 Å². The zero-order valence-electron chi connectivity index (χ0n) is 18.6. The third kappa shape index (κ3) is 4.77. The topological polar surface area (TPSA) is 74.3 Å². The molecule has 1 saturated heterocycles. The van der Waals surface area contributed by atoms with Crippen LogP contribution >= 0.6 is 22.7 Å². The minimum absolute atomic E-state index is 0.192. The van der Waals surface area contributed by atoms with Crippen LogP contribution in [0.25, 0.3) is 9.88 Å². The number of aromatic nitrogens is 1. The summed E-state index contributed by atoms with van der Waals surface area (Å²) in [7, 11) is 0. The van der Waals surface area contributed by atoms with Crippen LogP contribution in [0.3, 0.4) is 0 Å². The molecule has 1 aromatic carbocycles. The average molecular weight is 469 g/mol. The van der Waals surface area contributed by atoms with E-state index in [2.05, 4.69) is 34.4 Å². The van der Waals surface area contributed by atoms with Crippen molar-refractivity contribution < 1.29 is 9.59 Å². The second-order valence-corrected chi connectivity index (χ2v) is 10.2. The van der Waals surface area contributed by atoms with Gasteiger partial charge in [0.05, 0.1) is 21.8 Å². The van der Waals surface area contributed by atoms with Gasteiger partial charge in [0.1, 0.15) is 16.5 Å². The van der Waals surface area contributed by atoms with Gasteiger partial charge in [-0.3, -0.25) is 9.59 Å². The number of hydrogen-bond acceptors (Lipinski definition) is 7. The van der Waals surface area contributed by atoms with Crippen molar-refractivity contribution in [3.05, 3.63) is 52.9 Å². The Hall–Kier alpha value is -2.55. The van der Waals surface area contributed by atoms with E-state index in [1.54, 1.807) is 23.6 Å². The summed E-state index contributed by atoms with van der Waals surface area (Å²) in [6.45, 7) is 7.31. The van der Waals surface area contributed by atoms with Crippen LogP contribution in [-0.4, -0.2) is 41.3 Å². The SMILES string of the molecule is CC(=O)C1(NC(C)C)CCN(c2ccccc2NC(=O)c2csc(-c3cccs3)n2)CC1. The number of benzene rings is 1. The molecule has 0 aliphatic carbocycles. The van der Waals surface area contributed by atoms with Crippen molar-refractivity contribution in [3.8, 4) is 9.88 Å². The standard InChI is InChI=1S/C24H28N4O2S2/c1-16(2)27-24(17(3)29)10-12-28(13-11-24)20-8-5-4-7-18(20)25-22(30)19-15-32-23(26-19)21-9-6-14-31-21/h4-9,14-16,27H,10-13H2,1-3H3,(H,25,30). The lowest BCUT2D eigenvalue weighted by Crippen LogP contribution is -2.59. The number of hydrogen-bond donors (Lipinski definition) is 2. The highest BCUT2D eigenvalue weighted by Gasteiger charge is 2.39. The molecular weight excluding hydrogens is 440 g/mol. The van der Waals surface area contributed by atoms with Crippen LogP contribution in [0.1, 0.15) is 44.1 Å². The Bertz CT molecular complexity index is 1080. The number of amides is 1. The first-order valence-corrected chi connectivity index (χ1v) is 12.6. The van der Waals surface area contributed by atoms with Gasteiger partial charge in [-0.25, -0.2) is 4.98 Å². The number of nitrogens with zero attached hydrogens (tertiary/aromatic N) is 2.